The summed E-state index contributed by atoms with van der Waals surface area (Å²) in [6.45, 7) is 1.75. The number of hydrogen-bond donors (Lipinski definition) is 2. The van der Waals surface area contributed by atoms with Gasteiger partial charge in [-0.2, -0.15) is 11.8 Å². The molecule has 5 heteroatoms. The Morgan fingerprint density at radius 2 is 2.00 bits per heavy atom. The van der Waals surface area contributed by atoms with E-state index in [9.17, 15) is 4.79 Å². The molecule has 86 valence electrons. The minimum absolute atomic E-state index is 0. The van der Waals surface area contributed by atoms with Crippen molar-refractivity contribution in [2.24, 2.45) is 0 Å². The van der Waals surface area contributed by atoms with E-state index in [0.29, 0.717) is 6.42 Å². The van der Waals surface area contributed by atoms with Crippen molar-refractivity contribution >= 4 is 30.1 Å². The summed E-state index contributed by atoms with van der Waals surface area (Å²) in [4.78, 5) is 11.1. The molecule has 0 atom stereocenters. The fraction of sp³-hybridized carbons (Fsp3) is 0.889. The summed E-state index contributed by atoms with van der Waals surface area (Å²) in [5.74, 6) is 1.26. The molecule has 0 heterocycles. The Labute approximate surface area is 97.2 Å². The molecule has 2 N–H and O–H groups in total. The Morgan fingerprint density at radius 1 is 1.29 bits per heavy atom. The maximum atomic E-state index is 11.1. The molecule has 0 fully saturated rings. The number of nitrogens with one attached hydrogen (secondary N) is 2. The number of rotatable bonds is 8. The van der Waals surface area contributed by atoms with Gasteiger partial charge in [0.25, 0.3) is 0 Å². The van der Waals surface area contributed by atoms with E-state index in [2.05, 4.69) is 16.9 Å². The van der Waals surface area contributed by atoms with E-state index in [-0.39, 0.29) is 18.3 Å². The maximum Gasteiger partial charge on any atom is 0.220 e. The molecule has 0 bridgehead atoms. The fourth-order valence-electron chi connectivity index (χ4n) is 0.958. The SMILES string of the molecule is CNCCCNC(=O)CCCSC.Cl. The van der Waals surface area contributed by atoms with Crippen molar-refractivity contribution in [2.75, 3.05) is 32.1 Å². The molecule has 0 aromatic carbocycles. The number of halogens is 1. The summed E-state index contributed by atoms with van der Waals surface area (Å²) >= 11 is 1.79. The van der Waals surface area contributed by atoms with E-state index in [0.717, 1.165) is 31.7 Å². The van der Waals surface area contributed by atoms with Crippen molar-refractivity contribution in [3.63, 3.8) is 0 Å². The average Bonchev–Trinajstić information content (AvgIpc) is 2.13. The maximum absolute atomic E-state index is 11.1. The van der Waals surface area contributed by atoms with Crippen LogP contribution in [-0.4, -0.2) is 38.1 Å². The molecule has 0 aliphatic carbocycles. The number of carbonyl (C=O) groups excluding carboxylic acids is 1. The Balaban J connectivity index is 0. The summed E-state index contributed by atoms with van der Waals surface area (Å²) in [5, 5.41) is 5.93. The van der Waals surface area contributed by atoms with Gasteiger partial charge in [0.2, 0.25) is 5.91 Å². The van der Waals surface area contributed by atoms with Gasteiger partial charge in [-0.15, -0.1) is 12.4 Å². The van der Waals surface area contributed by atoms with Gasteiger partial charge >= 0.3 is 0 Å². The lowest BCUT2D eigenvalue weighted by atomic mass is 10.3. The van der Waals surface area contributed by atoms with Crippen LogP contribution >= 0.6 is 24.2 Å². The second-order valence-corrected chi connectivity index (χ2v) is 3.89. The van der Waals surface area contributed by atoms with E-state index >= 15 is 0 Å². The molecule has 0 aliphatic heterocycles. The second kappa shape index (κ2) is 13.1. The van der Waals surface area contributed by atoms with Crippen LogP contribution in [0.2, 0.25) is 0 Å². The average molecular weight is 241 g/mol. The molecule has 0 saturated carbocycles. The van der Waals surface area contributed by atoms with Gasteiger partial charge in [-0.25, -0.2) is 0 Å². The zero-order valence-electron chi connectivity index (χ0n) is 8.97. The van der Waals surface area contributed by atoms with Gasteiger partial charge in [-0.05, 0) is 38.4 Å². The molecule has 0 unspecified atom stereocenters. The summed E-state index contributed by atoms with van der Waals surface area (Å²) < 4.78 is 0. The van der Waals surface area contributed by atoms with E-state index < -0.39 is 0 Å². The third-order valence-corrected chi connectivity index (χ3v) is 2.37. The summed E-state index contributed by atoms with van der Waals surface area (Å²) in [5.41, 5.74) is 0. The monoisotopic (exact) mass is 240 g/mol. The molecule has 0 rings (SSSR count). The van der Waals surface area contributed by atoms with Crippen molar-refractivity contribution in [3.8, 4) is 0 Å². The standard InChI is InChI=1S/C9H20N2OS.ClH/c1-10-6-4-7-11-9(12)5-3-8-13-2;/h10H,3-8H2,1-2H3,(H,11,12);1H. The van der Waals surface area contributed by atoms with E-state index in [1.54, 1.807) is 11.8 Å². The lowest BCUT2D eigenvalue weighted by Gasteiger charge is -2.03. The quantitative estimate of drug-likeness (QED) is 0.628. The van der Waals surface area contributed by atoms with Crippen molar-refractivity contribution in [1.82, 2.24) is 10.6 Å². The minimum Gasteiger partial charge on any atom is -0.356 e. The highest BCUT2D eigenvalue weighted by molar-refractivity contribution is 7.98. The minimum atomic E-state index is 0. The first kappa shape index (κ1) is 16.5. The molecular formula is C9H21ClN2OS. The molecule has 1 amide bonds. The number of hydrogen-bond acceptors (Lipinski definition) is 3. The number of amides is 1. The molecule has 3 nitrogen and oxygen atoms in total. The zero-order chi connectivity index (χ0) is 9.94. The van der Waals surface area contributed by atoms with Crippen LogP contribution in [0.25, 0.3) is 0 Å². The van der Waals surface area contributed by atoms with Gasteiger partial charge in [0.1, 0.15) is 0 Å². The lowest BCUT2D eigenvalue weighted by Crippen LogP contribution is -2.26. The van der Waals surface area contributed by atoms with Crippen LogP contribution in [0.4, 0.5) is 0 Å². The van der Waals surface area contributed by atoms with E-state index in [1.165, 1.54) is 0 Å². The van der Waals surface area contributed by atoms with Crippen molar-refractivity contribution in [3.05, 3.63) is 0 Å². The molecular weight excluding hydrogens is 220 g/mol. The van der Waals surface area contributed by atoms with Crippen molar-refractivity contribution in [2.45, 2.75) is 19.3 Å². The molecule has 0 aromatic heterocycles. The van der Waals surface area contributed by atoms with Gasteiger partial charge in [0, 0.05) is 13.0 Å². The van der Waals surface area contributed by atoms with Crippen molar-refractivity contribution in [1.29, 1.82) is 0 Å². The Morgan fingerprint density at radius 3 is 2.57 bits per heavy atom. The first-order valence-corrected chi connectivity index (χ1v) is 6.11. The topological polar surface area (TPSA) is 41.1 Å². The van der Waals surface area contributed by atoms with Crippen LogP contribution in [0.3, 0.4) is 0 Å². The Bertz CT molecular complexity index is 136. The second-order valence-electron chi connectivity index (χ2n) is 2.90. The Kier molecular flexibility index (Phi) is 15.4. The molecule has 0 saturated heterocycles. The molecule has 0 aromatic rings. The number of carbonyl (C=O) groups is 1. The van der Waals surface area contributed by atoms with Crippen LogP contribution in [0.1, 0.15) is 19.3 Å². The van der Waals surface area contributed by atoms with Crippen LogP contribution in [0, 0.1) is 0 Å². The Hall–Kier alpha value is 0.0700. The van der Waals surface area contributed by atoms with Crippen molar-refractivity contribution < 1.29 is 4.79 Å². The van der Waals surface area contributed by atoms with Crippen LogP contribution in [0.15, 0.2) is 0 Å². The largest absolute Gasteiger partial charge is 0.356 e. The molecule has 0 aliphatic rings. The highest BCUT2D eigenvalue weighted by Crippen LogP contribution is 1.98. The number of thioether (sulfide) groups is 1. The van der Waals surface area contributed by atoms with Crippen LogP contribution in [0.5, 0.6) is 0 Å². The highest BCUT2D eigenvalue weighted by Gasteiger charge is 1.98. The molecule has 0 spiro atoms. The van der Waals surface area contributed by atoms with Gasteiger partial charge in [0.15, 0.2) is 0 Å². The van der Waals surface area contributed by atoms with Gasteiger partial charge in [-0.3, -0.25) is 4.79 Å². The summed E-state index contributed by atoms with van der Waals surface area (Å²) in [6.07, 6.45) is 4.72. The molecule has 0 radical (unpaired) electrons. The lowest BCUT2D eigenvalue weighted by molar-refractivity contribution is -0.121. The van der Waals surface area contributed by atoms with Gasteiger partial charge < -0.3 is 10.6 Å². The zero-order valence-corrected chi connectivity index (χ0v) is 10.6. The van der Waals surface area contributed by atoms with Crippen LogP contribution in [-0.2, 0) is 4.79 Å². The summed E-state index contributed by atoms with van der Waals surface area (Å²) in [6, 6.07) is 0. The first-order valence-electron chi connectivity index (χ1n) is 4.71. The van der Waals surface area contributed by atoms with Gasteiger partial charge in [0.05, 0.1) is 0 Å². The normalized spacial score (nSPS) is 9.29. The smallest absolute Gasteiger partial charge is 0.220 e. The van der Waals surface area contributed by atoms with E-state index in [4.69, 9.17) is 0 Å². The fourth-order valence-corrected chi connectivity index (χ4v) is 1.39. The first-order chi connectivity index (χ1) is 6.31. The van der Waals surface area contributed by atoms with Gasteiger partial charge in [-0.1, -0.05) is 0 Å². The highest BCUT2D eigenvalue weighted by atomic mass is 35.5. The third kappa shape index (κ3) is 12.1. The molecule has 14 heavy (non-hydrogen) atoms. The predicted molar refractivity (Wildman–Crippen MR) is 66.4 cm³/mol. The summed E-state index contributed by atoms with van der Waals surface area (Å²) in [7, 11) is 1.92. The third-order valence-electron chi connectivity index (χ3n) is 1.68. The van der Waals surface area contributed by atoms with E-state index in [1.807, 2.05) is 7.05 Å². The predicted octanol–water partition coefficient (Wildman–Crippen LogP) is 1.28. The van der Waals surface area contributed by atoms with Crippen LogP contribution < -0.4 is 10.6 Å².